The van der Waals surface area contributed by atoms with Gasteiger partial charge in [-0.25, -0.2) is 0 Å². The van der Waals surface area contributed by atoms with Crippen LogP contribution in [0.2, 0.25) is 0 Å². The van der Waals surface area contributed by atoms with Crippen LogP contribution in [0, 0.1) is 23.7 Å². The van der Waals surface area contributed by atoms with Crippen molar-refractivity contribution in [2.24, 2.45) is 11.8 Å². The fraction of sp³-hybridized carbons (Fsp3) is 0.905. The van der Waals surface area contributed by atoms with Gasteiger partial charge in [-0.2, -0.15) is 0 Å². The second kappa shape index (κ2) is 14.0. The van der Waals surface area contributed by atoms with Gasteiger partial charge in [-0.3, -0.25) is 0 Å². The number of hydrogen-bond donors (Lipinski definition) is 1. The van der Waals surface area contributed by atoms with E-state index in [9.17, 15) is 0 Å². The van der Waals surface area contributed by atoms with Crippen molar-refractivity contribution in [3.05, 3.63) is 0 Å². The molecule has 24 heavy (non-hydrogen) atoms. The van der Waals surface area contributed by atoms with Crippen molar-refractivity contribution in [2.75, 3.05) is 19.5 Å². The van der Waals surface area contributed by atoms with Crippen LogP contribution in [0.1, 0.15) is 78.6 Å². The van der Waals surface area contributed by atoms with Crippen LogP contribution in [0.4, 0.5) is 0 Å². The Hall–Kier alpha value is -0.170. The van der Waals surface area contributed by atoms with Gasteiger partial charge < -0.3 is 10.1 Å². The van der Waals surface area contributed by atoms with Gasteiger partial charge in [0.25, 0.3) is 0 Å². The van der Waals surface area contributed by atoms with Gasteiger partial charge in [0, 0.05) is 26.2 Å². The maximum absolute atomic E-state index is 5.34. The van der Waals surface area contributed by atoms with Crippen molar-refractivity contribution in [2.45, 2.75) is 90.0 Å². The molecule has 1 aliphatic rings. The molecule has 2 nitrogen and oxygen atoms in total. The molecule has 0 aromatic heterocycles. The molecule has 0 bridgehead atoms. The number of methoxy groups -OCH3 is 1. The lowest BCUT2D eigenvalue weighted by Gasteiger charge is -2.36. The second-order valence-electron chi connectivity index (χ2n) is 7.08. The monoisotopic (exact) mass is 353 g/mol. The van der Waals surface area contributed by atoms with E-state index >= 15 is 0 Å². The Morgan fingerprint density at radius 1 is 1.21 bits per heavy atom. The molecule has 0 saturated heterocycles. The maximum Gasteiger partial charge on any atom is 0.0534 e. The normalized spacial score (nSPS) is 22.3. The molecule has 1 rings (SSSR count). The summed E-state index contributed by atoms with van der Waals surface area (Å²) in [6.07, 6.45) is 11.4. The fourth-order valence-electron chi connectivity index (χ4n) is 3.52. The molecule has 1 saturated carbocycles. The van der Waals surface area contributed by atoms with Crippen LogP contribution in [-0.4, -0.2) is 30.9 Å². The zero-order chi connectivity index (χ0) is 17.6. The Kier molecular flexibility index (Phi) is 12.8. The fourth-order valence-corrected chi connectivity index (χ4v) is 4.93. The minimum Gasteiger partial charge on any atom is -0.384 e. The molecule has 4 unspecified atom stereocenters. The van der Waals surface area contributed by atoms with Crippen LogP contribution in [0.15, 0.2) is 0 Å². The average Bonchev–Trinajstić information content (AvgIpc) is 2.58. The van der Waals surface area contributed by atoms with Gasteiger partial charge >= 0.3 is 0 Å². The number of thioether (sulfide) groups is 1. The third-order valence-corrected chi connectivity index (χ3v) is 6.51. The minimum absolute atomic E-state index is 0.623. The molecule has 4 atom stereocenters. The van der Waals surface area contributed by atoms with Gasteiger partial charge in [0.2, 0.25) is 0 Å². The number of nitrogens with one attached hydrogen (secondary N) is 1. The highest BCUT2D eigenvalue weighted by molar-refractivity contribution is 7.99. The highest BCUT2D eigenvalue weighted by atomic mass is 32.2. The molecule has 0 radical (unpaired) electrons. The minimum atomic E-state index is 0.623. The van der Waals surface area contributed by atoms with E-state index in [1.165, 1.54) is 57.1 Å². The topological polar surface area (TPSA) is 21.3 Å². The van der Waals surface area contributed by atoms with Crippen molar-refractivity contribution in [1.29, 1.82) is 0 Å². The lowest BCUT2D eigenvalue weighted by atomic mass is 9.73. The summed E-state index contributed by atoms with van der Waals surface area (Å²) in [7, 11) is 1.84. The van der Waals surface area contributed by atoms with Gasteiger partial charge in [0.1, 0.15) is 0 Å². The van der Waals surface area contributed by atoms with E-state index in [0.29, 0.717) is 11.4 Å². The van der Waals surface area contributed by atoms with Gasteiger partial charge in [-0.1, -0.05) is 20.3 Å². The quantitative estimate of drug-likeness (QED) is 0.254. The first-order chi connectivity index (χ1) is 11.7. The lowest BCUT2D eigenvalue weighted by Crippen LogP contribution is -2.36. The van der Waals surface area contributed by atoms with E-state index in [4.69, 9.17) is 4.74 Å². The summed E-state index contributed by atoms with van der Waals surface area (Å²) < 4.78 is 5.34. The molecule has 0 spiro atoms. The van der Waals surface area contributed by atoms with Crippen molar-refractivity contribution >= 4 is 11.8 Å². The van der Waals surface area contributed by atoms with Crippen LogP contribution in [0.25, 0.3) is 0 Å². The van der Waals surface area contributed by atoms with E-state index in [0.717, 1.165) is 24.9 Å². The van der Waals surface area contributed by atoms with Crippen LogP contribution in [-0.2, 0) is 4.74 Å². The van der Waals surface area contributed by atoms with Gasteiger partial charge in [-0.05, 0) is 69.5 Å². The molecule has 1 aliphatic carbocycles. The number of hydrogen-bond acceptors (Lipinski definition) is 3. The maximum atomic E-state index is 5.34. The SMILES string of the molecule is CC#CCCCC(CC)NC(CCC)SCCC1CCC1COC. The van der Waals surface area contributed by atoms with Crippen molar-refractivity contribution in [3.8, 4) is 11.8 Å². The standard InChI is InChI=1S/C21H39NOS/c1-5-8-9-10-12-20(7-3)22-21(11-6-2)24-16-15-18-13-14-19(18)17-23-4/h18-22H,6-7,9-17H2,1-4H3. The summed E-state index contributed by atoms with van der Waals surface area (Å²) >= 11 is 2.15. The Morgan fingerprint density at radius 3 is 2.58 bits per heavy atom. The Balaban J connectivity index is 2.26. The molecule has 0 amide bonds. The number of rotatable bonds is 14. The third-order valence-electron chi connectivity index (χ3n) is 5.26. The second-order valence-corrected chi connectivity index (χ2v) is 8.39. The molecule has 0 aromatic rings. The molecule has 1 fully saturated rings. The summed E-state index contributed by atoms with van der Waals surface area (Å²) in [4.78, 5) is 0. The van der Waals surface area contributed by atoms with Gasteiger partial charge in [0.15, 0.2) is 0 Å². The van der Waals surface area contributed by atoms with E-state index in [1.807, 2.05) is 14.0 Å². The van der Waals surface area contributed by atoms with Crippen LogP contribution >= 0.6 is 11.8 Å². The highest BCUT2D eigenvalue weighted by Crippen LogP contribution is 2.38. The first-order valence-electron chi connectivity index (χ1n) is 10.0. The summed E-state index contributed by atoms with van der Waals surface area (Å²) in [5, 5.41) is 4.54. The smallest absolute Gasteiger partial charge is 0.0534 e. The van der Waals surface area contributed by atoms with Crippen molar-refractivity contribution in [1.82, 2.24) is 5.32 Å². The van der Waals surface area contributed by atoms with Crippen molar-refractivity contribution < 1.29 is 4.74 Å². The first-order valence-corrected chi connectivity index (χ1v) is 11.1. The Labute approximate surface area is 155 Å². The summed E-state index contributed by atoms with van der Waals surface area (Å²) in [5.41, 5.74) is 0. The summed E-state index contributed by atoms with van der Waals surface area (Å²) in [6.45, 7) is 7.50. The molecular weight excluding hydrogens is 314 g/mol. The summed E-state index contributed by atoms with van der Waals surface area (Å²) in [5.74, 6) is 9.22. The van der Waals surface area contributed by atoms with Crippen LogP contribution < -0.4 is 5.32 Å². The molecule has 0 aliphatic heterocycles. The molecule has 0 aromatic carbocycles. The van der Waals surface area contributed by atoms with E-state index < -0.39 is 0 Å². The average molecular weight is 354 g/mol. The largest absolute Gasteiger partial charge is 0.384 e. The third kappa shape index (κ3) is 8.79. The Morgan fingerprint density at radius 2 is 2.00 bits per heavy atom. The van der Waals surface area contributed by atoms with Gasteiger partial charge in [-0.15, -0.1) is 23.6 Å². The predicted molar refractivity (Wildman–Crippen MR) is 108 cm³/mol. The van der Waals surface area contributed by atoms with E-state index in [2.05, 4.69) is 42.8 Å². The number of unbranched alkanes of at least 4 members (excludes halogenated alkanes) is 1. The predicted octanol–water partition coefficient (Wildman–Crippen LogP) is 5.47. The Bertz CT molecular complexity index is 363. The molecule has 1 N–H and O–H groups in total. The zero-order valence-corrected chi connectivity index (χ0v) is 17.2. The van der Waals surface area contributed by atoms with Crippen molar-refractivity contribution in [3.63, 3.8) is 0 Å². The molecule has 0 heterocycles. The molecular formula is C21H39NOS. The first kappa shape index (κ1) is 21.9. The van der Waals surface area contributed by atoms with E-state index in [1.54, 1.807) is 0 Å². The van der Waals surface area contributed by atoms with Crippen LogP contribution in [0.5, 0.6) is 0 Å². The van der Waals surface area contributed by atoms with Crippen LogP contribution in [0.3, 0.4) is 0 Å². The van der Waals surface area contributed by atoms with E-state index in [-0.39, 0.29) is 0 Å². The highest BCUT2D eigenvalue weighted by Gasteiger charge is 2.30. The lowest BCUT2D eigenvalue weighted by molar-refractivity contribution is 0.0585. The van der Waals surface area contributed by atoms with Gasteiger partial charge in [0.05, 0.1) is 5.37 Å². The zero-order valence-electron chi connectivity index (χ0n) is 16.4. The number of ether oxygens (including phenoxy) is 1. The molecule has 140 valence electrons. The summed E-state index contributed by atoms with van der Waals surface area (Å²) in [6, 6.07) is 0.651. The molecule has 3 heteroatoms.